The van der Waals surface area contributed by atoms with Gasteiger partial charge in [-0.05, 0) is 18.9 Å². The minimum Gasteiger partial charge on any atom is -0.393 e. The van der Waals surface area contributed by atoms with E-state index in [0.717, 1.165) is 0 Å². The molecule has 1 saturated carbocycles. The number of nitrogens with zero attached hydrogens (tertiary/aromatic N) is 2. The van der Waals surface area contributed by atoms with Gasteiger partial charge in [0.25, 0.3) is 0 Å². The summed E-state index contributed by atoms with van der Waals surface area (Å²) in [4.78, 5) is 14.5. The summed E-state index contributed by atoms with van der Waals surface area (Å²) in [6.07, 6.45) is 0.893. The van der Waals surface area contributed by atoms with Gasteiger partial charge in [-0.25, -0.2) is 4.98 Å². The Morgan fingerprint density at radius 2 is 2.24 bits per heavy atom. The first-order valence-corrected chi connectivity index (χ1v) is 5.38. The van der Waals surface area contributed by atoms with Crippen LogP contribution in [0.5, 0.6) is 0 Å². The van der Waals surface area contributed by atoms with Crippen LogP contribution < -0.4 is 10.6 Å². The first-order valence-electron chi connectivity index (χ1n) is 5.38. The first kappa shape index (κ1) is 11.6. The van der Waals surface area contributed by atoms with Gasteiger partial charge in [-0.15, -0.1) is 0 Å². The second kappa shape index (κ2) is 4.54. The second-order valence-corrected chi connectivity index (χ2v) is 4.04. The van der Waals surface area contributed by atoms with E-state index in [9.17, 15) is 10.1 Å². The van der Waals surface area contributed by atoms with E-state index in [2.05, 4.69) is 15.6 Å². The van der Waals surface area contributed by atoms with E-state index in [0.29, 0.717) is 18.7 Å². The molecule has 0 spiro atoms. The summed E-state index contributed by atoms with van der Waals surface area (Å²) in [6, 6.07) is 3.03. The molecule has 1 aromatic heterocycles. The second-order valence-electron chi connectivity index (χ2n) is 4.04. The van der Waals surface area contributed by atoms with Gasteiger partial charge in [-0.3, -0.25) is 10.1 Å². The summed E-state index contributed by atoms with van der Waals surface area (Å²) in [7, 11) is 1.70. The van der Waals surface area contributed by atoms with E-state index < -0.39 is 4.92 Å². The lowest BCUT2D eigenvalue weighted by molar-refractivity contribution is -0.384. The number of aliphatic hydroxyl groups excluding tert-OH is 1. The molecule has 17 heavy (non-hydrogen) atoms. The molecule has 0 bridgehead atoms. The zero-order chi connectivity index (χ0) is 12.4. The maximum Gasteiger partial charge on any atom is 0.311 e. The van der Waals surface area contributed by atoms with Gasteiger partial charge in [0.2, 0.25) is 5.82 Å². The maximum atomic E-state index is 10.8. The summed E-state index contributed by atoms with van der Waals surface area (Å²) in [5.41, 5.74) is -0.0506. The SMILES string of the molecule is CNc1ccc([N+](=O)[O-])c(NC2CC(O)C2)n1. The third-order valence-corrected chi connectivity index (χ3v) is 2.78. The molecule has 0 aromatic carbocycles. The van der Waals surface area contributed by atoms with Crippen molar-refractivity contribution in [1.29, 1.82) is 0 Å². The van der Waals surface area contributed by atoms with Crippen molar-refractivity contribution in [3.05, 3.63) is 22.2 Å². The lowest BCUT2D eigenvalue weighted by atomic mass is 9.89. The van der Waals surface area contributed by atoms with Crippen molar-refractivity contribution in [3.8, 4) is 0 Å². The molecule has 1 aliphatic rings. The normalized spacial score (nSPS) is 22.7. The highest BCUT2D eigenvalue weighted by molar-refractivity contribution is 5.60. The van der Waals surface area contributed by atoms with Crippen molar-refractivity contribution in [3.63, 3.8) is 0 Å². The molecule has 92 valence electrons. The minimum absolute atomic E-state index is 0.0506. The number of pyridine rings is 1. The molecule has 0 amide bonds. The van der Waals surface area contributed by atoms with Gasteiger partial charge in [-0.2, -0.15) is 0 Å². The molecule has 7 heteroatoms. The molecule has 7 nitrogen and oxygen atoms in total. The van der Waals surface area contributed by atoms with Gasteiger partial charge < -0.3 is 15.7 Å². The van der Waals surface area contributed by atoms with Crippen LogP contribution in [0.4, 0.5) is 17.3 Å². The topological polar surface area (TPSA) is 100 Å². The van der Waals surface area contributed by atoms with E-state index in [1.165, 1.54) is 6.07 Å². The van der Waals surface area contributed by atoms with Crippen molar-refractivity contribution in [2.24, 2.45) is 0 Å². The average molecular weight is 238 g/mol. The molecule has 1 heterocycles. The Morgan fingerprint density at radius 3 is 2.76 bits per heavy atom. The molecule has 0 saturated heterocycles. The average Bonchev–Trinajstić information content (AvgIpc) is 2.26. The van der Waals surface area contributed by atoms with E-state index in [1.807, 2.05) is 0 Å². The van der Waals surface area contributed by atoms with Gasteiger partial charge in [0.05, 0.1) is 11.0 Å². The number of anilines is 2. The minimum atomic E-state index is -0.468. The Kier molecular flexibility index (Phi) is 3.10. The van der Waals surface area contributed by atoms with Crippen LogP contribution in [-0.2, 0) is 0 Å². The van der Waals surface area contributed by atoms with Crippen LogP contribution in [0.1, 0.15) is 12.8 Å². The van der Waals surface area contributed by atoms with Gasteiger partial charge in [-0.1, -0.05) is 0 Å². The number of aromatic nitrogens is 1. The highest BCUT2D eigenvalue weighted by atomic mass is 16.6. The van der Waals surface area contributed by atoms with Gasteiger partial charge >= 0.3 is 5.69 Å². The maximum absolute atomic E-state index is 10.8. The fourth-order valence-electron chi connectivity index (χ4n) is 1.74. The van der Waals surface area contributed by atoms with Crippen molar-refractivity contribution >= 4 is 17.3 Å². The van der Waals surface area contributed by atoms with E-state index >= 15 is 0 Å². The molecule has 0 unspecified atom stereocenters. The standard InChI is InChI=1S/C10H14N4O3/c1-11-9-3-2-8(14(16)17)10(13-9)12-6-4-7(15)5-6/h2-3,6-7,15H,4-5H2,1H3,(H2,11,12,13). The van der Waals surface area contributed by atoms with Crippen LogP contribution >= 0.6 is 0 Å². The van der Waals surface area contributed by atoms with Crippen LogP contribution in [-0.4, -0.2) is 34.2 Å². The van der Waals surface area contributed by atoms with E-state index in [1.54, 1.807) is 13.1 Å². The molecule has 0 aliphatic heterocycles. The fraction of sp³-hybridized carbons (Fsp3) is 0.500. The number of nitro groups is 1. The van der Waals surface area contributed by atoms with E-state index in [4.69, 9.17) is 5.11 Å². The quantitative estimate of drug-likeness (QED) is 0.533. The molecule has 1 aromatic rings. The molecule has 3 N–H and O–H groups in total. The van der Waals surface area contributed by atoms with Crippen LogP contribution in [0.15, 0.2) is 12.1 Å². The predicted octanol–water partition coefficient (Wildman–Crippen LogP) is 0.967. The smallest absolute Gasteiger partial charge is 0.311 e. The molecule has 0 atom stereocenters. The molecule has 2 rings (SSSR count). The monoisotopic (exact) mass is 238 g/mol. The van der Waals surface area contributed by atoms with Crippen LogP contribution in [0, 0.1) is 10.1 Å². The molecular weight excluding hydrogens is 224 g/mol. The summed E-state index contributed by atoms with van der Waals surface area (Å²) in [5, 5.41) is 25.8. The van der Waals surface area contributed by atoms with Crippen molar-refractivity contribution < 1.29 is 10.0 Å². The Morgan fingerprint density at radius 1 is 1.53 bits per heavy atom. The highest BCUT2D eigenvalue weighted by Gasteiger charge is 2.29. The number of aliphatic hydroxyl groups is 1. The third kappa shape index (κ3) is 2.44. The Labute approximate surface area is 98.0 Å². The largest absolute Gasteiger partial charge is 0.393 e. The Hall–Kier alpha value is -1.89. The Balaban J connectivity index is 2.19. The molecule has 1 aliphatic carbocycles. The summed E-state index contributed by atoms with van der Waals surface area (Å²) >= 11 is 0. The predicted molar refractivity (Wildman–Crippen MR) is 63.1 cm³/mol. The fourth-order valence-corrected chi connectivity index (χ4v) is 1.74. The number of hydrogen-bond acceptors (Lipinski definition) is 6. The van der Waals surface area contributed by atoms with Gasteiger partial charge in [0, 0.05) is 19.2 Å². The van der Waals surface area contributed by atoms with Crippen molar-refractivity contribution in [1.82, 2.24) is 4.98 Å². The number of rotatable bonds is 4. The van der Waals surface area contributed by atoms with Gasteiger partial charge in [0.1, 0.15) is 5.82 Å². The van der Waals surface area contributed by atoms with E-state index in [-0.39, 0.29) is 23.7 Å². The Bertz CT molecular complexity index is 432. The first-order chi connectivity index (χ1) is 8.10. The van der Waals surface area contributed by atoms with Crippen LogP contribution in [0.3, 0.4) is 0 Å². The highest BCUT2D eigenvalue weighted by Crippen LogP contribution is 2.29. The lowest BCUT2D eigenvalue weighted by Crippen LogP contribution is -2.39. The molecule has 0 radical (unpaired) electrons. The molecule has 1 fully saturated rings. The van der Waals surface area contributed by atoms with Crippen LogP contribution in [0.2, 0.25) is 0 Å². The third-order valence-electron chi connectivity index (χ3n) is 2.78. The van der Waals surface area contributed by atoms with Crippen LogP contribution in [0.25, 0.3) is 0 Å². The molecular formula is C10H14N4O3. The summed E-state index contributed by atoms with van der Waals surface area (Å²) in [5.74, 6) is 0.816. The van der Waals surface area contributed by atoms with Gasteiger partial charge in [0.15, 0.2) is 0 Å². The van der Waals surface area contributed by atoms with Crippen molar-refractivity contribution in [2.75, 3.05) is 17.7 Å². The zero-order valence-electron chi connectivity index (χ0n) is 9.38. The van der Waals surface area contributed by atoms with Crippen molar-refractivity contribution in [2.45, 2.75) is 25.0 Å². The lowest BCUT2D eigenvalue weighted by Gasteiger charge is -2.32. The number of nitrogens with one attached hydrogen (secondary N) is 2. The summed E-state index contributed by atoms with van der Waals surface area (Å²) in [6.45, 7) is 0. The number of hydrogen-bond donors (Lipinski definition) is 3. The zero-order valence-corrected chi connectivity index (χ0v) is 9.38. The summed E-state index contributed by atoms with van der Waals surface area (Å²) < 4.78 is 0.